The standard InChI is InChI=1S/C38H60O8/c1-7-10-36(39)32-15-11-30(12-16-32)31-13-17-33(18-14-31)38(41)46-35-21-19-34(20-22-35)45-28(6)25-43-26(4)23-42-27(5)24-44-37(40)29(8-2)9-3/h19-22,26-33H,7-18,23-25H2,1-6H3. The van der Waals surface area contributed by atoms with Crippen LogP contribution >= 0.6 is 0 Å². The maximum Gasteiger partial charge on any atom is 0.314 e. The van der Waals surface area contributed by atoms with Gasteiger partial charge in [-0.3, -0.25) is 14.4 Å². The SMILES string of the molecule is CCCC(=O)C1CCC(C2CCC(C(=O)Oc3ccc(OC(C)COC(C)COC(C)COC(=O)C(CC)CC)cc3)CC2)CC1. The second kappa shape index (κ2) is 20.0. The van der Waals surface area contributed by atoms with Gasteiger partial charge in [0.2, 0.25) is 0 Å². The third-order valence-corrected chi connectivity index (χ3v) is 9.88. The molecule has 8 heteroatoms. The number of benzene rings is 1. The molecule has 1 aromatic carbocycles. The number of carbonyl (C=O) groups is 3. The molecule has 0 aliphatic heterocycles. The highest BCUT2D eigenvalue weighted by molar-refractivity contribution is 5.81. The minimum atomic E-state index is -0.209. The van der Waals surface area contributed by atoms with E-state index < -0.39 is 0 Å². The summed E-state index contributed by atoms with van der Waals surface area (Å²) in [6.07, 6.45) is 11.0. The van der Waals surface area contributed by atoms with Crippen molar-refractivity contribution < 1.29 is 38.1 Å². The molecule has 0 spiro atoms. The lowest BCUT2D eigenvalue weighted by Crippen LogP contribution is -2.31. The van der Waals surface area contributed by atoms with Gasteiger partial charge in [-0.05, 0) is 128 Å². The number of rotatable bonds is 19. The van der Waals surface area contributed by atoms with Crippen LogP contribution in [0.2, 0.25) is 0 Å². The van der Waals surface area contributed by atoms with E-state index in [2.05, 4.69) is 6.92 Å². The average Bonchev–Trinajstić information content (AvgIpc) is 3.07. The Morgan fingerprint density at radius 3 is 1.72 bits per heavy atom. The van der Waals surface area contributed by atoms with Crippen molar-refractivity contribution in [1.82, 2.24) is 0 Å². The molecule has 0 bridgehead atoms. The minimum Gasteiger partial charge on any atom is -0.488 e. The summed E-state index contributed by atoms with van der Waals surface area (Å²) in [6.45, 7) is 12.8. The number of ether oxygens (including phenoxy) is 5. The molecule has 260 valence electrons. The third-order valence-electron chi connectivity index (χ3n) is 9.88. The lowest BCUT2D eigenvalue weighted by atomic mass is 9.68. The molecular formula is C38H60O8. The zero-order valence-corrected chi connectivity index (χ0v) is 29.3. The molecule has 0 heterocycles. The molecule has 0 amide bonds. The molecule has 3 atom stereocenters. The summed E-state index contributed by atoms with van der Waals surface area (Å²) in [7, 11) is 0. The highest BCUT2D eigenvalue weighted by Crippen LogP contribution is 2.42. The molecule has 0 radical (unpaired) electrons. The van der Waals surface area contributed by atoms with Crippen molar-refractivity contribution in [3.63, 3.8) is 0 Å². The van der Waals surface area contributed by atoms with Crippen molar-refractivity contribution >= 4 is 17.7 Å². The Morgan fingerprint density at radius 2 is 1.17 bits per heavy atom. The lowest BCUT2D eigenvalue weighted by Gasteiger charge is -2.37. The van der Waals surface area contributed by atoms with Crippen molar-refractivity contribution in [3.05, 3.63) is 24.3 Å². The van der Waals surface area contributed by atoms with E-state index in [4.69, 9.17) is 23.7 Å². The monoisotopic (exact) mass is 644 g/mol. The smallest absolute Gasteiger partial charge is 0.314 e. The topological polar surface area (TPSA) is 97.4 Å². The van der Waals surface area contributed by atoms with Gasteiger partial charge >= 0.3 is 11.9 Å². The Labute approximate surface area is 277 Å². The van der Waals surface area contributed by atoms with E-state index in [1.54, 1.807) is 12.1 Å². The fourth-order valence-electron chi connectivity index (χ4n) is 6.88. The molecule has 3 rings (SSSR count). The first-order chi connectivity index (χ1) is 22.1. The zero-order valence-electron chi connectivity index (χ0n) is 29.3. The van der Waals surface area contributed by atoms with Gasteiger partial charge in [0.05, 0.1) is 37.3 Å². The summed E-state index contributed by atoms with van der Waals surface area (Å²) >= 11 is 0. The highest BCUT2D eigenvalue weighted by Gasteiger charge is 2.34. The molecule has 0 aromatic heterocycles. The number of Topliss-reactive ketones (excluding diaryl/α,β-unsaturated/α-hetero) is 1. The van der Waals surface area contributed by atoms with Gasteiger partial charge in [-0.2, -0.15) is 0 Å². The van der Waals surface area contributed by atoms with E-state index >= 15 is 0 Å². The van der Waals surface area contributed by atoms with E-state index in [0.29, 0.717) is 42.3 Å². The zero-order chi connectivity index (χ0) is 33.5. The van der Waals surface area contributed by atoms with Crippen molar-refractivity contribution in [3.8, 4) is 11.5 Å². The maximum absolute atomic E-state index is 12.9. The van der Waals surface area contributed by atoms with Gasteiger partial charge in [-0.15, -0.1) is 0 Å². The summed E-state index contributed by atoms with van der Waals surface area (Å²) in [6, 6.07) is 7.18. The van der Waals surface area contributed by atoms with Crippen molar-refractivity contribution in [2.24, 2.45) is 29.6 Å². The molecular weight excluding hydrogens is 584 g/mol. The van der Waals surface area contributed by atoms with Gasteiger partial charge in [0, 0.05) is 12.3 Å². The van der Waals surface area contributed by atoms with Crippen LogP contribution in [-0.4, -0.2) is 55.9 Å². The second-order valence-electron chi connectivity index (χ2n) is 13.7. The quantitative estimate of drug-likeness (QED) is 0.110. The van der Waals surface area contributed by atoms with Crippen LogP contribution in [0.25, 0.3) is 0 Å². The largest absolute Gasteiger partial charge is 0.488 e. The molecule has 46 heavy (non-hydrogen) atoms. The third kappa shape index (κ3) is 12.6. The first kappa shape index (κ1) is 38.0. The van der Waals surface area contributed by atoms with Crippen molar-refractivity contribution in [2.45, 2.75) is 137 Å². The Hall–Kier alpha value is -2.45. The maximum atomic E-state index is 12.9. The predicted octanol–water partition coefficient (Wildman–Crippen LogP) is 8.13. The predicted molar refractivity (Wildman–Crippen MR) is 179 cm³/mol. The molecule has 0 saturated heterocycles. The van der Waals surface area contributed by atoms with Gasteiger partial charge in [0.25, 0.3) is 0 Å². The molecule has 3 unspecified atom stereocenters. The minimum absolute atomic E-state index is 0.0507. The summed E-state index contributed by atoms with van der Waals surface area (Å²) in [4.78, 5) is 37.2. The fraction of sp³-hybridized carbons (Fsp3) is 0.763. The van der Waals surface area contributed by atoms with E-state index in [1.807, 2.05) is 46.8 Å². The second-order valence-corrected chi connectivity index (χ2v) is 13.7. The highest BCUT2D eigenvalue weighted by atomic mass is 16.6. The lowest BCUT2D eigenvalue weighted by molar-refractivity contribution is -0.153. The molecule has 2 aliphatic rings. The van der Waals surface area contributed by atoms with Crippen LogP contribution in [0.5, 0.6) is 11.5 Å². The molecule has 0 N–H and O–H groups in total. The van der Waals surface area contributed by atoms with E-state index in [-0.39, 0.29) is 54.6 Å². The van der Waals surface area contributed by atoms with Crippen LogP contribution in [0.4, 0.5) is 0 Å². The van der Waals surface area contributed by atoms with E-state index in [1.165, 1.54) is 0 Å². The Bertz CT molecular complexity index is 1040. The Morgan fingerprint density at radius 1 is 0.674 bits per heavy atom. The number of ketones is 1. The number of hydrogen-bond donors (Lipinski definition) is 0. The van der Waals surface area contributed by atoms with Gasteiger partial charge in [0.15, 0.2) is 0 Å². The molecule has 2 fully saturated rings. The van der Waals surface area contributed by atoms with Gasteiger partial charge in [-0.25, -0.2) is 0 Å². The number of hydrogen-bond acceptors (Lipinski definition) is 8. The Kier molecular flexibility index (Phi) is 16.6. The molecule has 2 aliphatic carbocycles. The van der Waals surface area contributed by atoms with Gasteiger partial charge in [0.1, 0.15) is 30.0 Å². The Balaban J connectivity index is 1.29. The van der Waals surface area contributed by atoms with Crippen molar-refractivity contribution in [1.29, 1.82) is 0 Å². The van der Waals surface area contributed by atoms with E-state index in [0.717, 1.165) is 77.0 Å². The van der Waals surface area contributed by atoms with Crippen LogP contribution in [-0.2, 0) is 28.6 Å². The number of esters is 2. The first-order valence-corrected chi connectivity index (χ1v) is 18.0. The average molecular weight is 645 g/mol. The van der Waals surface area contributed by atoms with Crippen LogP contribution in [0.15, 0.2) is 24.3 Å². The molecule has 2 saturated carbocycles. The molecule has 1 aromatic rings. The fourth-order valence-corrected chi connectivity index (χ4v) is 6.88. The summed E-state index contributed by atoms with van der Waals surface area (Å²) in [5.41, 5.74) is 0. The number of carbonyl (C=O) groups excluding carboxylic acids is 3. The van der Waals surface area contributed by atoms with Crippen molar-refractivity contribution in [2.75, 3.05) is 19.8 Å². The van der Waals surface area contributed by atoms with Gasteiger partial charge < -0.3 is 23.7 Å². The molecule has 8 nitrogen and oxygen atoms in total. The van der Waals surface area contributed by atoms with Crippen LogP contribution in [0, 0.1) is 29.6 Å². The summed E-state index contributed by atoms with van der Waals surface area (Å²) in [5.74, 6) is 2.92. The first-order valence-electron chi connectivity index (χ1n) is 18.0. The normalized spacial score (nSPS) is 23.7. The summed E-state index contributed by atoms with van der Waals surface area (Å²) in [5, 5.41) is 0. The summed E-state index contributed by atoms with van der Waals surface area (Å²) < 4.78 is 28.8. The van der Waals surface area contributed by atoms with Gasteiger partial charge in [-0.1, -0.05) is 20.8 Å². The van der Waals surface area contributed by atoms with Crippen LogP contribution < -0.4 is 9.47 Å². The van der Waals surface area contributed by atoms with E-state index in [9.17, 15) is 14.4 Å². The van der Waals surface area contributed by atoms with Crippen LogP contribution in [0.1, 0.15) is 119 Å². The van der Waals surface area contributed by atoms with Crippen LogP contribution in [0.3, 0.4) is 0 Å².